The molecule has 102 valence electrons. The molecule has 18 heavy (non-hydrogen) atoms. The fourth-order valence-corrected chi connectivity index (χ4v) is 2.62. The van der Waals surface area contributed by atoms with Crippen LogP contribution in [0.1, 0.15) is 52.0 Å². The van der Waals surface area contributed by atoms with E-state index in [1.807, 2.05) is 33.8 Å². The number of hydrogen-bond acceptors (Lipinski definition) is 3. The van der Waals surface area contributed by atoms with Gasteiger partial charge in [-0.15, -0.1) is 11.3 Å². The summed E-state index contributed by atoms with van der Waals surface area (Å²) < 4.78 is 0. The summed E-state index contributed by atoms with van der Waals surface area (Å²) in [6.07, 6.45) is 0.980. The first-order valence-electron chi connectivity index (χ1n) is 6.45. The maximum Gasteiger partial charge on any atom is 0.237 e. The molecule has 0 radical (unpaired) electrons. The van der Waals surface area contributed by atoms with Gasteiger partial charge in [0.15, 0.2) is 0 Å². The largest absolute Gasteiger partial charge is 0.350 e. The second-order valence-corrected chi connectivity index (χ2v) is 6.58. The van der Waals surface area contributed by atoms with Gasteiger partial charge in [-0.3, -0.25) is 10.1 Å². The van der Waals surface area contributed by atoms with Crippen LogP contribution in [0.2, 0.25) is 0 Å². The van der Waals surface area contributed by atoms with Crippen LogP contribution in [0, 0.1) is 0 Å². The third-order valence-electron chi connectivity index (χ3n) is 2.64. The van der Waals surface area contributed by atoms with Gasteiger partial charge >= 0.3 is 0 Å². The van der Waals surface area contributed by atoms with E-state index in [4.69, 9.17) is 0 Å². The third kappa shape index (κ3) is 4.78. The van der Waals surface area contributed by atoms with E-state index in [1.165, 1.54) is 4.88 Å². The highest BCUT2D eigenvalue weighted by Crippen LogP contribution is 2.22. The number of hydrogen-bond donors (Lipinski definition) is 2. The molecule has 0 aliphatic heterocycles. The van der Waals surface area contributed by atoms with Crippen molar-refractivity contribution in [2.75, 3.05) is 0 Å². The Morgan fingerprint density at radius 1 is 1.44 bits per heavy atom. The lowest BCUT2D eigenvalue weighted by Crippen LogP contribution is -2.50. The lowest BCUT2D eigenvalue weighted by atomic mass is 10.1. The molecule has 2 unspecified atom stereocenters. The van der Waals surface area contributed by atoms with Gasteiger partial charge in [0, 0.05) is 16.5 Å². The first-order valence-corrected chi connectivity index (χ1v) is 7.33. The smallest absolute Gasteiger partial charge is 0.237 e. The molecule has 0 aliphatic carbocycles. The van der Waals surface area contributed by atoms with Crippen molar-refractivity contribution in [1.82, 2.24) is 10.6 Å². The molecule has 0 spiro atoms. The summed E-state index contributed by atoms with van der Waals surface area (Å²) in [6, 6.07) is 4.23. The Labute approximate surface area is 114 Å². The fourth-order valence-electron chi connectivity index (χ4n) is 1.75. The maximum atomic E-state index is 12.0. The maximum absolute atomic E-state index is 12.0. The third-order valence-corrected chi connectivity index (χ3v) is 3.62. The molecule has 0 saturated heterocycles. The van der Waals surface area contributed by atoms with Crippen molar-refractivity contribution in [3.63, 3.8) is 0 Å². The van der Waals surface area contributed by atoms with Gasteiger partial charge in [0.2, 0.25) is 5.91 Å². The number of nitrogens with one attached hydrogen (secondary N) is 2. The molecular weight excluding hydrogens is 244 g/mol. The number of carbonyl (C=O) groups is 1. The topological polar surface area (TPSA) is 41.1 Å². The Balaban J connectivity index is 2.57. The lowest BCUT2D eigenvalue weighted by Gasteiger charge is -2.26. The van der Waals surface area contributed by atoms with Crippen LogP contribution in [-0.4, -0.2) is 17.5 Å². The molecule has 1 rings (SSSR count). The van der Waals surface area contributed by atoms with Crippen LogP contribution in [0.5, 0.6) is 0 Å². The molecule has 2 N–H and O–H groups in total. The Hall–Kier alpha value is -0.870. The van der Waals surface area contributed by atoms with Gasteiger partial charge in [-0.1, -0.05) is 13.0 Å². The molecule has 0 fully saturated rings. The molecule has 0 bridgehead atoms. The standard InChI is InChI=1S/C14H24N2OS/c1-6-11(12-8-7-9-18-12)15-10(2)13(17)16-14(3,4)5/h7-11,15H,6H2,1-5H3,(H,16,17). The summed E-state index contributed by atoms with van der Waals surface area (Å²) in [5.41, 5.74) is -0.183. The van der Waals surface area contributed by atoms with Gasteiger partial charge in [-0.25, -0.2) is 0 Å². The number of rotatable bonds is 5. The van der Waals surface area contributed by atoms with E-state index in [9.17, 15) is 4.79 Å². The van der Waals surface area contributed by atoms with E-state index in [0.717, 1.165) is 6.42 Å². The number of amides is 1. The van der Waals surface area contributed by atoms with Crippen molar-refractivity contribution in [3.8, 4) is 0 Å². The average molecular weight is 268 g/mol. The van der Waals surface area contributed by atoms with Crippen LogP contribution in [0.25, 0.3) is 0 Å². The SMILES string of the molecule is CCC(NC(C)C(=O)NC(C)(C)C)c1cccs1. The summed E-state index contributed by atoms with van der Waals surface area (Å²) in [7, 11) is 0. The second kappa shape index (κ2) is 6.34. The van der Waals surface area contributed by atoms with E-state index in [1.54, 1.807) is 11.3 Å². The zero-order valence-corrected chi connectivity index (χ0v) is 12.7. The zero-order chi connectivity index (χ0) is 13.8. The summed E-state index contributed by atoms with van der Waals surface area (Å²) in [6.45, 7) is 10.0. The van der Waals surface area contributed by atoms with Crippen LogP contribution < -0.4 is 10.6 Å². The van der Waals surface area contributed by atoms with Gasteiger partial charge < -0.3 is 5.32 Å². The van der Waals surface area contributed by atoms with Crippen LogP contribution in [0.3, 0.4) is 0 Å². The van der Waals surface area contributed by atoms with Crippen molar-refractivity contribution in [2.45, 2.75) is 58.7 Å². The van der Waals surface area contributed by atoms with E-state index in [-0.39, 0.29) is 23.5 Å². The highest BCUT2D eigenvalue weighted by atomic mass is 32.1. The monoisotopic (exact) mass is 268 g/mol. The minimum absolute atomic E-state index is 0.0532. The molecule has 3 nitrogen and oxygen atoms in total. The summed E-state index contributed by atoms with van der Waals surface area (Å²) in [4.78, 5) is 13.3. The van der Waals surface area contributed by atoms with Crippen LogP contribution in [0.4, 0.5) is 0 Å². The van der Waals surface area contributed by atoms with Gasteiger partial charge in [0.05, 0.1) is 6.04 Å². The minimum Gasteiger partial charge on any atom is -0.350 e. The first kappa shape index (κ1) is 15.2. The molecule has 1 aromatic heterocycles. The Morgan fingerprint density at radius 3 is 2.56 bits per heavy atom. The van der Waals surface area contributed by atoms with Gasteiger partial charge in [0.25, 0.3) is 0 Å². The summed E-state index contributed by atoms with van der Waals surface area (Å²) in [5.74, 6) is 0.0532. The van der Waals surface area contributed by atoms with Gasteiger partial charge in [0.1, 0.15) is 0 Å². The summed E-state index contributed by atoms with van der Waals surface area (Å²) in [5, 5.41) is 8.45. The molecule has 1 amide bonds. The predicted octanol–water partition coefficient (Wildman–Crippen LogP) is 3.09. The van der Waals surface area contributed by atoms with Gasteiger partial charge in [-0.05, 0) is 45.6 Å². The Kier molecular flexibility index (Phi) is 5.35. The normalized spacial score (nSPS) is 15.2. The fraction of sp³-hybridized carbons (Fsp3) is 0.643. The van der Waals surface area contributed by atoms with Gasteiger partial charge in [-0.2, -0.15) is 0 Å². The van der Waals surface area contributed by atoms with E-state index in [2.05, 4.69) is 29.0 Å². The van der Waals surface area contributed by atoms with E-state index < -0.39 is 0 Å². The molecule has 0 saturated carbocycles. The molecule has 0 aromatic carbocycles. The molecular formula is C14H24N2OS. The highest BCUT2D eigenvalue weighted by molar-refractivity contribution is 7.10. The molecule has 2 atom stereocenters. The highest BCUT2D eigenvalue weighted by Gasteiger charge is 2.22. The Morgan fingerprint density at radius 2 is 2.11 bits per heavy atom. The van der Waals surface area contributed by atoms with Crippen molar-refractivity contribution in [2.24, 2.45) is 0 Å². The molecule has 1 aromatic rings. The average Bonchev–Trinajstić information content (AvgIpc) is 2.76. The summed E-state index contributed by atoms with van der Waals surface area (Å²) >= 11 is 1.73. The molecule has 0 aliphatic rings. The minimum atomic E-state index is -0.184. The lowest BCUT2D eigenvalue weighted by molar-refractivity contribution is -0.124. The molecule has 4 heteroatoms. The zero-order valence-electron chi connectivity index (χ0n) is 11.9. The number of thiophene rings is 1. The Bertz CT molecular complexity index is 368. The van der Waals surface area contributed by atoms with Crippen LogP contribution in [-0.2, 0) is 4.79 Å². The van der Waals surface area contributed by atoms with Crippen LogP contribution >= 0.6 is 11.3 Å². The second-order valence-electron chi connectivity index (χ2n) is 5.60. The first-order chi connectivity index (χ1) is 8.33. The predicted molar refractivity (Wildman–Crippen MR) is 77.8 cm³/mol. The van der Waals surface area contributed by atoms with E-state index >= 15 is 0 Å². The van der Waals surface area contributed by atoms with E-state index in [0.29, 0.717) is 0 Å². The van der Waals surface area contributed by atoms with Crippen LogP contribution in [0.15, 0.2) is 17.5 Å². The van der Waals surface area contributed by atoms with Crippen molar-refractivity contribution in [3.05, 3.63) is 22.4 Å². The number of carbonyl (C=O) groups excluding carboxylic acids is 1. The van der Waals surface area contributed by atoms with Crippen molar-refractivity contribution in [1.29, 1.82) is 0 Å². The quantitative estimate of drug-likeness (QED) is 0.861. The van der Waals surface area contributed by atoms with Crippen molar-refractivity contribution >= 4 is 17.2 Å². The molecule has 1 heterocycles. The van der Waals surface area contributed by atoms with Crippen molar-refractivity contribution < 1.29 is 4.79 Å².